The number of rotatable bonds is 8. The standard InChI is InChI=1S/C30H22O5/c31-18-21-11-13-24(14-12-21)28-17-26(32)25-15-16-27(33-19-22-7-3-1-4-8-22)30(29(25)35-28)34-20-23-9-5-2-6-10-23/h1-18H,19-20H2. The van der Waals surface area contributed by atoms with E-state index in [9.17, 15) is 9.59 Å². The number of benzene rings is 4. The molecule has 0 fully saturated rings. The monoisotopic (exact) mass is 462 g/mol. The summed E-state index contributed by atoms with van der Waals surface area (Å²) in [6, 6.07) is 31.3. The van der Waals surface area contributed by atoms with Gasteiger partial charge in [-0.25, -0.2) is 0 Å². The molecule has 0 bridgehead atoms. The fourth-order valence-corrected chi connectivity index (χ4v) is 3.76. The average molecular weight is 463 g/mol. The van der Waals surface area contributed by atoms with Gasteiger partial charge in [0.25, 0.3) is 0 Å². The topological polar surface area (TPSA) is 65.7 Å². The smallest absolute Gasteiger partial charge is 0.205 e. The van der Waals surface area contributed by atoms with Crippen LogP contribution in [-0.4, -0.2) is 6.29 Å². The first-order valence-electron chi connectivity index (χ1n) is 11.2. The van der Waals surface area contributed by atoms with Gasteiger partial charge in [0.15, 0.2) is 16.8 Å². The molecular formula is C30H22O5. The number of carbonyl (C=O) groups is 1. The molecule has 5 heteroatoms. The summed E-state index contributed by atoms with van der Waals surface area (Å²) in [5, 5.41) is 0.397. The summed E-state index contributed by atoms with van der Waals surface area (Å²) < 4.78 is 18.5. The van der Waals surface area contributed by atoms with E-state index in [0.29, 0.717) is 46.0 Å². The number of hydrogen-bond acceptors (Lipinski definition) is 5. The van der Waals surface area contributed by atoms with E-state index in [1.165, 1.54) is 6.07 Å². The molecule has 5 nitrogen and oxygen atoms in total. The van der Waals surface area contributed by atoms with Crippen molar-refractivity contribution < 1.29 is 18.7 Å². The molecule has 0 spiro atoms. The first kappa shape index (κ1) is 22.2. The van der Waals surface area contributed by atoms with Gasteiger partial charge in [-0.3, -0.25) is 9.59 Å². The van der Waals surface area contributed by atoms with Crippen molar-refractivity contribution in [3.8, 4) is 22.8 Å². The van der Waals surface area contributed by atoms with Gasteiger partial charge in [-0.05, 0) is 23.3 Å². The van der Waals surface area contributed by atoms with Gasteiger partial charge in [-0.2, -0.15) is 0 Å². The maximum absolute atomic E-state index is 13.0. The number of carbonyl (C=O) groups excluding carboxylic acids is 1. The van der Waals surface area contributed by atoms with E-state index >= 15 is 0 Å². The van der Waals surface area contributed by atoms with Crippen LogP contribution in [0, 0.1) is 0 Å². The van der Waals surface area contributed by atoms with Crippen LogP contribution in [-0.2, 0) is 13.2 Å². The Balaban J connectivity index is 1.58. The quantitative estimate of drug-likeness (QED) is 0.249. The van der Waals surface area contributed by atoms with Gasteiger partial charge in [-0.1, -0.05) is 84.9 Å². The Kier molecular flexibility index (Phi) is 6.39. The highest BCUT2D eigenvalue weighted by molar-refractivity contribution is 5.87. The van der Waals surface area contributed by atoms with Crippen molar-refractivity contribution in [2.75, 3.05) is 0 Å². The minimum atomic E-state index is -0.195. The van der Waals surface area contributed by atoms with Crippen LogP contribution in [0.15, 0.2) is 112 Å². The fourth-order valence-electron chi connectivity index (χ4n) is 3.76. The van der Waals surface area contributed by atoms with Crippen molar-refractivity contribution in [1.29, 1.82) is 0 Å². The third kappa shape index (κ3) is 4.99. The molecule has 0 aliphatic rings. The second-order valence-electron chi connectivity index (χ2n) is 8.03. The van der Waals surface area contributed by atoms with Crippen LogP contribution >= 0.6 is 0 Å². The Hall–Kier alpha value is -4.64. The molecule has 1 aromatic heterocycles. The lowest BCUT2D eigenvalue weighted by Gasteiger charge is -2.15. The summed E-state index contributed by atoms with van der Waals surface area (Å²) >= 11 is 0. The normalized spacial score (nSPS) is 10.7. The summed E-state index contributed by atoms with van der Waals surface area (Å²) in [5.74, 6) is 1.23. The Labute approximate surface area is 202 Å². The van der Waals surface area contributed by atoms with Crippen LogP contribution in [0.2, 0.25) is 0 Å². The van der Waals surface area contributed by atoms with Crippen molar-refractivity contribution >= 4 is 17.3 Å². The molecule has 0 saturated heterocycles. The Morgan fingerprint density at radius 2 is 1.34 bits per heavy atom. The number of aldehydes is 1. The van der Waals surface area contributed by atoms with E-state index < -0.39 is 0 Å². The van der Waals surface area contributed by atoms with E-state index in [2.05, 4.69) is 0 Å². The molecule has 0 radical (unpaired) electrons. The Morgan fingerprint density at radius 1 is 0.714 bits per heavy atom. The first-order chi connectivity index (χ1) is 17.2. The maximum Gasteiger partial charge on any atom is 0.205 e. The molecule has 4 aromatic carbocycles. The minimum absolute atomic E-state index is 0.195. The predicted molar refractivity (Wildman–Crippen MR) is 135 cm³/mol. The minimum Gasteiger partial charge on any atom is -0.485 e. The van der Waals surface area contributed by atoms with E-state index in [0.717, 1.165) is 17.4 Å². The van der Waals surface area contributed by atoms with E-state index in [1.807, 2.05) is 60.7 Å². The molecule has 0 amide bonds. The molecule has 0 aliphatic carbocycles. The summed E-state index contributed by atoms with van der Waals surface area (Å²) in [6.45, 7) is 0.620. The number of ether oxygens (including phenoxy) is 2. The van der Waals surface area contributed by atoms with Crippen molar-refractivity contribution in [1.82, 2.24) is 0 Å². The maximum atomic E-state index is 13.0. The van der Waals surface area contributed by atoms with Gasteiger partial charge in [0.1, 0.15) is 25.3 Å². The highest BCUT2D eigenvalue weighted by Gasteiger charge is 2.17. The van der Waals surface area contributed by atoms with Crippen molar-refractivity contribution in [3.05, 3.63) is 130 Å². The van der Waals surface area contributed by atoms with Crippen molar-refractivity contribution in [3.63, 3.8) is 0 Å². The third-order valence-corrected chi connectivity index (χ3v) is 5.61. The Morgan fingerprint density at radius 3 is 1.97 bits per heavy atom. The summed E-state index contributed by atoms with van der Waals surface area (Å²) in [7, 11) is 0. The molecule has 0 aliphatic heterocycles. The van der Waals surface area contributed by atoms with Gasteiger partial charge in [0.05, 0.1) is 5.39 Å². The predicted octanol–water partition coefficient (Wildman–Crippen LogP) is 6.43. The van der Waals surface area contributed by atoms with Gasteiger partial charge >= 0.3 is 0 Å². The van der Waals surface area contributed by atoms with Crippen LogP contribution in [0.4, 0.5) is 0 Å². The zero-order chi connectivity index (χ0) is 24.0. The zero-order valence-corrected chi connectivity index (χ0v) is 18.8. The molecule has 172 valence electrons. The molecule has 0 atom stereocenters. The lowest BCUT2D eigenvalue weighted by atomic mass is 10.1. The first-order valence-corrected chi connectivity index (χ1v) is 11.2. The fraction of sp³-hybridized carbons (Fsp3) is 0.0667. The molecule has 0 saturated carbocycles. The molecule has 35 heavy (non-hydrogen) atoms. The number of fused-ring (bicyclic) bond motifs is 1. The second-order valence-corrected chi connectivity index (χ2v) is 8.03. The van der Waals surface area contributed by atoms with Crippen LogP contribution in [0.5, 0.6) is 11.5 Å². The van der Waals surface area contributed by atoms with Gasteiger partial charge in [-0.15, -0.1) is 0 Å². The highest BCUT2D eigenvalue weighted by Crippen LogP contribution is 2.37. The average Bonchev–Trinajstić information content (AvgIpc) is 2.92. The molecule has 0 unspecified atom stereocenters. The molecule has 0 N–H and O–H groups in total. The summed E-state index contributed by atoms with van der Waals surface area (Å²) in [4.78, 5) is 24.0. The van der Waals surface area contributed by atoms with Gasteiger partial charge in [0.2, 0.25) is 5.75 Å². The van der Waals surface area contributed by atoms with Gasteiger partial charge in [0, 0.05) is 17.2 Å². The van der Waals surface area contributed by atoms with E-state index in [4.69, 9.17) is 13.9 Å². The second kappa shape index (κ2) is 10.1. The Bertz CT molecular complexity index is 1500. The summed E-state index contributed by atoms with van der Waals surface area (Å²) in [5.41, 5.74) is 3.32. The van der Waals surface area contributed by atoms with E-state index in [-0.39, 0.29) is 12.0 Å². The van der Waals surface area contributed by atoms with Crippen LogP contribution < -0.4 is 14.9 Å². The number of hydrogen-bond donors (Lipinski definition) is 0. The highest BCUT2D eigenvalue weighted by atomic mass is 16.5. The molecule has 1 heterocycles. The van der Waals surface area contributed by atoms with Crippen LogP contribution in [0.3, 0.4) is 0 Å². The summed E-state index contributed by atoms with van der Waals surface area (Å²) in [6.07, 6.45) is 0.770. The molecular weight excluding hydrogens is 440 g/mol. The van der Waals surface area contributed by atoms with Crippen LogP contribution in [0.1, 0.15) is 21.5 Å². The molecule has 5 aromatic rings. The zero-order valence-electron chi connectivity index (χ0n) is 18.8. The lowest BCUT2D eigenvalue weighted by molar-refractivity contribution is 0.112. The van der Waals surface area contributed by atoms with Crippen molar-refractivity contribution in [2.24, 2.45) is 0 Å². The lowest BCUT2D eigenvalue weighted by Crippen LogP contribution is -2.05. The van der Waals surface area contributed by atoms with Crippen LogP contribution in [0.25, 0.3) is 22.3 Å². The van der Waals surface area contributed by atoms with Crippen molar-refractivity contribution in [2.45, 2.75) is 13.2 Å². The largest absolute Gasteiger partial charge is 0.485 e. The SMILES string of the molecule is O=Cc1ccc(-c2cc(=O)c3ccc(OCc4ccccc4)c(OCc4ccccc4)c3o2)cc1. The van der Waals surface area contributed by atoms with E-state index in [1.54, 1.807) is 36.4 Å². The molecule has 5 rings (SSSR count). The third-order valence-electron chi connectivity index (χ3n) is 5.61. The van der Waals surface area contributed by atoms with Gasteiger partial charge < -0.3 is 13.9 Å².